The van der Waals surface area contributed by atoms with E-state index >= 15 is 0 Å². The fourth-order valence-electron chi connectivity index (χ4n) is 2.46. The molecule has 17 nitrogen and oxygen atoms in total. The number of carboxylic acids is 2. The molecule has 0 aromatic heterocycles. The van der Waals surface area contributed by atoms with Crippen molar-refractivity contribution in [3.8, 4) is 0 Å². The van der Waals surface area contributed by atoms with Crippen molar-refractivity contribution in [1.29, 1.82) is 0 Å². The van der Waals surface area contributed by atoms with E-state index in [4.69, 9.17) is 33.1 Å². The van der Waals surface area contributed by atoms with E-state index in [1.807, 2.05) is 5.32 Å². The molecule has 192 valence electrons. The number of amides is 4. The van der Waals surface area contributed by atoms with E-state index < -0.39 is 79.2 Å². The van der Waals surface area contributed by atoms with Gasteiger partial charge in [0.25, 0.3) is 0 Å². The Labute approximate surface area is 193 Å². The zero-order chi connectivity index (χ0) is 26.4. The van der Waals surface area contributed by atoms with Crippen molar-refractivity contribution in [2.45, 2.75) is 49.9 Å². The molecule has 0 aliphatic rings. The molecule has 4 atom stereocenters. The van der Waals surface area contributed by atoms with Gasteiger partial charge < -0.3 is 54.2 Å². The topological polar surface area (TPSA) is 316 Å². The second-order valence-corrected chi connectivity index (χ2v) is 7.03. The van der Waals surface area contributed by atoms with Crippen LogP contribution >= 0.6 is 0 Å². The summed E-state index contributed by atoms with van der Waals surface area (Å²) >= 11 is 0. The fraction of sp³-hybridized carbons (Fsp3) is 0.588. The van der Waals surface area contributed by atoms with Gasteiger partial charge in [0, 0.05) is 6.54 Å². The van der Waals surface area contributed by atoms with E-state index in [-0.39, 0.29) is 25.3 Å². The van der Waals surface area contributed by atoms with Gasteiger partial charge in [-0.05, 0) is 12.8 Å². The standard InChI is InChI=1S/C17H30N8O9/c18-7(6-26)13(30)24-10(5-12(28)29)15(32)25-9(4-11(19)27)14(31)23-8(16(33)34)2-1-3-22-17(20)21/h7-10,26H,1-6,18H2,(H2,19,27)(H,23,31)(H,24,30)(H,25,32)(H,28,29)(H,33,34)(H4,20,21,22). The number of aliphatic hydroxyl groups excluding tert-OH is 1. The second kappa shape index (κ2) is 15.0. The smallest absolute Gasteiger partial charge is 0.326 e. The van der Waals surface area contributed by atoms with Crippen LogP contribution in [0.25, 0.3) is 0 Å². The number of aliphatic carboxylic acids is 2. The van der Waals surface area contributed by atoms with Crippen LogP contribution in [0.4, 0.5) is 0 Å². The summed E-state index contributed by atoms with van der Waals surface area (Å²) in [5.74, 6) is -7.51. The monoisotopic (exact) mass is 490 g/mol. The summed E-state index contributed by atoms with van der Waals surface area (Å²) < 4.78 is 0. The molecule has 0 saturated carbocycles. The van der Waals surface area contributed by atoms with Crippen LogP contribution in [0, 0.1) is 0 Å². The third-order valence-corrected chi connectivity index (χ3v) is 4.14. The summed E-state index contributed by atoms with van der Waals surface area (Å²) in [7, 11) is 0. The molecule has 34 heavy (non-hydrogen) atoms. The molecule has 0 radical (unpaired) electrons. The fourth-order valence-corrected chi connectivity index (χ4v) is 2.46. The lowest BCUT2D eigenvalue weighted by molar-refractivity contribution is -0.143. The van der Waals surface area contributed by atoms with Crippen molar-refractivity contribution in [3.05, 3.63) is 0 Å². The van der Waals surface area contributed by atoms with Gasteiger partial charge in [0.15, 0.2) is 5.96 Å². The van der Waals surface area contributed by atoms with Gasteiger partial charge in [-0.1, -0.05) is 0 Å². The van der Waals surface area contributed by atoms with Gasteiger partial charge in [-0.25, -0.2) is 4.79 Å². The molecule has 14 N–H and O–H groups in total. The number of nitrogens with one attached hydrogen (secondary N) is 3. The molecule has 0 heterocycles. The van der Waals surface area contributed by atoms with Crippen molar-refractivity contribution >= 4 is 41.5 Å². The van der Waals surface area contributed by atoms with Crippen molar-refractivity contribution in [3.63, 3.8) is 0 Å². The normalized spacial score (nSPS) is 13.9. The molecule has 0 fully saturated rings. The number of rotatable bonds is 16. The molecular formula is C17H30N8O9. The molecule has 0 aliphatic heterocycles. The minimum absolute atomic E-state index is 0.0793. The highest BCUT2D eigenvalue weighted by molar-refractivity contribution is 5.97. The average Bonchev–Trinajstić information content (AvgIpc) is 2.72. The number of carboxylic acid groups (broad SMARTS) is 2. The van der Waals surface area contributed by atoms with E-state index in [1.165, 1.54) is 0 Å². The predicted octanol–water partition coefficient (Wildman–Crippen LogP) is -5.75. The maximum atomic E-state index is 12.6. The maximum Gasteiger partial charge on any atom is 0.326 e. The van der Waals surface area contributed by atoms with Crippen LogP contribution < -0.4 is 38.9 Å². The molecule has 0 aromatic rings. The third kappa shape index (κ3) is 12.2. The number of primary amides is 1. The van der Waals surface area contributed by atoms with Crippen LogP contribution in [-0.2, 0) is 28.8 Å². The van der Waals surface area contributed by atoms with Crippen molar-refractivity contribution < 1.29 is 44.1 Å². The van der Waals surface area contributed by atoms with Gasteiger partial charge >= 0.3 is 11.9 Å². The molecule has 0 aromatic carbocycles. The Hall–Kier alpha value is -3.99. The third-order valence-electron chi connectivity index (χ3n) is 4.14. The Morgan fingerprint density at radius 1 is 0.794 bits per heavy atom. The Bertz CT molecular complexity index is 800. The molecule has 0 saturated heterocycles. The van der Waals surface area contributed by atoms with E-state index in [0.29, 0.717) is 0 Å². The Balaban J connectivity index is 5.45. The molecular weight excluding hydrogens is 460 g/mol. The summed E-state index contributed by atoms with van der Waals surface area (Å²) in [6, 6.07) is -6.32. The quantitative estimate of drug-likeness (QED) is 0.0549. The molecule has 0 bridgehead atoms. The van der Waals surface area contributed by atoms with Gasteiger partial charge in [0.1, 0.15) is 24.2 Å². The van der Waals surface area contributed by atoms with E-state index in [9.17, 15) is 33.9 Å². The Morgan fingerprint density at radius 2 is 1.29 bits per heavy atom. The van der Waals surface area contributed by atoms with Crippen molar-refractivity contribution in [2.24, 2.45) is 27.9 Å². The number of aliphatic imine (C=N–C) groups is 1. The van der Waals surface area contributed by atoms with Gasteiger partial charge in [-0.2, -0.15) is 0 Å². The number of hydrogen-bond acceptors (Lipinski definition) is 9. The first kappa shape index (κ1) is 30.0. The lowest BCUT2D eigenvalue weighted by Crippen LogP contribution is -2.58. The SMILES string of the molecule is NC(=O)CC(NC(=O)C(CC(=O)O)NC(=O)C(N)CO)C(=O)NC(CCCN=C(N)N)C(=O)O. The first-order valence-electron chi connectivity index (χ1n) is 9.84. The summed E-state index contributed by atoms with van der Waals surface area (Å²) in [6.45, 7) is -0.713. The van der Waals surface area contributed by atoms with E-state index in [0.717, 1.165) is 0 Å². The van der Waals surface area contributed by atoms with Gasteiger partial charge in [0.2, 0.25) is 23.6 Å². The summed E-state index contributed by atoms with van der Waals surface area (Å²) in [5, 5.41) is 33.4. The number of nitrogens with two attached hydrogens (primary N) is 4. The second-order valence-electron chi connectivity index (χ2n) is 7.03. The van der Waals surface area contributed by atoms with Crippen LogP contribution in [0.2, 0.25) is 0 Å². The highest BCUT2D eigenvalue weighted by Crippen LogP contribution is 2.03. The number of nitrogens with zero attached hydrogens (tertiary/aromatic N) is 1. The lowest BCUT2D eigenvalue weighted by Gasteiger charge is -2.24. The Kier molecular flexibility index (Phi) is 13.2. The van der Waals surface area contributed by atoms with Crippen LogP contribution in [0.5, 0.6) is 0 Å². The maximum absolute atomic E-state index is 12.6. The lowest BCUT2D eigenvalue weighted by atomic mass is 10.1. The molecule has 17 heteroatoms. The van der Waals surface area contributed by atoms with Crippen LogP contribution in [-0.4, -0.2) is 94.2 Å². The van der Waals surface area contributed by atoms with Crippen molar-refractivity contribution in [2.75, 3.05) is 13.2 Å². The molecule has 0 spiro atoms. The number of guanidine groups is 1. The average molecular weight is 490 g/mol. The van der Waals surface area contributed by atoms with Gasteiger partial charge in [-0.15, -0.1) is 0 Å². The zero-order valence-corrected chi connectivity index (χ0v) is 18.1. The van der Waals surface area contributed by atoms with Crippen LogP contribution in [0.1, 0.15) is 25.7 Å². The molecule has 4 amide bonds. The minimum Gasteiger partial charge on any atom is -0.481 e. The Morgan fingerprint density at radius 3 is 1.74 bits per heavy atom. The van der Waals surface area contributed by atoms with Gasteiger partial charge in [-0.3, -0.25) is 29.0 Å². The molecule has 0 rings (SSSR count). The number of hydrogen-bond donors (Lipinski definition) is 10. The van der Waals surface area contributed by atoms with E-state index in [2.05, 4.69) is 15.6 Å². The number of carbonyl (C=O) groups excluding carboxylic acids is 4. The summed E-state index contributed by atoms with van der Waals surface area (Å²) in [4.78, 5) is 74.5. The summed E-state index contributed by atoms with van der Waals surface area (Å²) in [6.07, 6.45) is -1.63. The first-order chi connectivity index (χ1) is 15.8. The number of carbonyl (C=O) groups is 6. The van der Waals surface area contributed by atoms with E-state index in [1.54, 1.807) is 0 Å². The number of aliphatic hydroxyl groups is 1. The highest BCUT2D eigenvalue weighted by atomic mass is 16.4. The first-order valence-corrected chi connectivity index (χ1v) is 9.84. The minimum atomic E-state index is -1.74. The van der Waals surface area contributed by atoms with Gasteiger partial charge in [0.05, 0.1) is 19.4 Å². The van der Waals surface area contributed by atoms with Crippen molar-refractivity contribution in [1.82, 2.24) is 16.0 Å². The molecule has 4 unspecified atom stereocenters. The summed E-state index contributed by atoms with van der Waals surface area (Å²) in [5.41, 5.74) is 20.7. The highest BCUT2D eigenvalue weighted by Gasteiger charge is 2.32. The van der Waals surface area contributed by atoms with Crippen LogP contribution in [0.3, 0.4) is 0 Å². The van der Waals surface area contributed by atoms with Crippen LogP contribution in [0.15, 0.2) is 4.99 Å². The largest absolute Gasteiger partial charge is 0.481 e. The predicted molar refractivity (Wildman–Crippen MR) is 114 cm³/mol. The zero-order valence-electron chi connectivity index (χ0n) is 18.1. The molecule has 0 aliphatic carbocycles.